The zero-order chi connectivity index (χ0) is 10.6. The third-order valence-electron chi connectivity index (χ3n) is 1.43. The highest BCUT2D eigenvalue weighted by Gasteiger charge is 2.22. The Kier molecular flexibility index (Phi) is 2.92. The molecule has 14 heavy (non-hydrogen) atoms. The summed E-state index contributed by atoms with van der Waals surface area (Å²) < 4.78 is 35.1. The topological polar surface area (TPSA) is 17.1 Å². The standard InChI is InChI=1S/C10H5F3O/c11-10(12,13)6-5-8-3-1-2-4-9(8)7-14/h1-4,7H. The summed E-state index contributed by atoms with van der Waals surface area (Å²) in [5.41, 5.74) is 0.240. The van der Waals surface area contributed by atoms with E-state index in [0.29, 0.717) is 6.29 Å². The molecule has 0 spiro atoms. The maximum atomic E-state index is 11.7. The van der Waals surface area contributed by atoms with Crippen molar-refractivity contribution < 1.29 is 18.0 Å². The number of carbonyl (C=O) groups is 1. The summed E-state index contributed by atoms with van der Waals surface area (Å²) in [7, 11) is 0. The fraction of sp³-hybridized carbons (Fsp3) is 0.100. The van der Waals surface area contributed by atoms with Crippen molar-refractivity contribution in [3.8, 4) is 11.8 Å². The first-order valence-corrected chi connectivity index (χ1v) is 3.67. The summed E-state index contributed by atoms with van der Waals surface area (Å²) in [4.78, 5) is 10.4. The Morgan fingerprint density at radius 1 is 1.21 bits per heavy atom. The number of rotatable bonds is 1. The van der Waals surface area contributed by atoms with E-state index in [1.165, 1.54) is 18.2 Å². The first kappa shape index (κ1) is 10.3. The average Bonchev–Trinajstić information content (AvgIpc) is 2.14. The van der Waals surface area contributed by atoms with Crippen molar-refractivity contribution in [1.82, 2.24) is 0 Å². The Balaban J connectivity index is 3.06. The van der Waals surface area contributed by atoms with Crippen molar-refractivity contribution in [2.45, 2.75) is 6.18 Å². The van der Waals surface area contributed by atoms with Gasteiger partial charge in [-0.2, -0.15) is 13.2 Å². The molecule has 1 nitrogen and oxygen atoms in total. The van der Waals surface area contributed by atoms with Gasteiger partial charge in [-0.15, -0.1) is 0 Å². The van der Waals surface area contributed by atoms with Crippen molar-refractivity contribution in [2.24, 2.45) is 0 Å². The van der Waals surface area contributed by atoms with Crippen LogP contribution in [-0.2, 0) is 0 Å². The monoisotopic (exact) mass is 198 g/mol. The van der Waals surface area contributed by atoms with E-state index >= 15 is 0 Å². The molecular formula is C10H5F3O. The molecule has 1 aromatic carbocycles. The molecule has 0 bridgehead atoms. The van der Waals surface area contributed by atoms with Gasteiger partial charge in [0, 0.05) is 17.0 Å². The van der Waals surface area contributed by atoms with E-state index in [1.54, 1.807) is 6.07 Å². The van der Waals surface area contributed by atoms with Crippen LogP contribution in [0.15, 0.2) is 24.3 Å². The van der Waals surface area contributed by atoms with Crippen LogP contribution in [0.5, 0.6) is 0 Å². The van der Waals surface area contributed by atoms with E-state index < -0.39 is 6.18 Å². The molecule has 0 saturated heterocycles. The van der Waals surface area contributed by atoms with Crippen molar-refractivity contribution in [3.05, 3.63) is 35.4 Å². The summed E-state index contributed by atoms with van der Waals surface area (Å²) in [6.07, 6.45) is -4.06. The Bertz CT molecular complexity index is 396. The summed E-state index contributed by atoms with van der Waals surface area (Å²) in [6, 6.07) is 5.85. The molecule has 1 rings (SSSR count). The molecule has 0 radical (unpaired) electrons. The molecule has 0 saturated carbocycles. The summed E-state index contributed by atoms with van der Waals surface area (Å²) in [6.45, 7) is 0. The van der Waals surface area contributed by atoms with Crippen molar-refractivity contribution in [3.63, 3.8) is 0 Å². The summed E-state index contributed by atoms with van der Waals surface area (Å²) in [5, 5.41) is 0. The van der Waals surface area contributed by atoms with E-state index in [1.807, 2.05) is 5.92 Å². The highest BCUT2D eigenvalue weighted by molar-refractivity contribution is 5.79. The number of aldehydes is 1. The molecule has 0 N–H and O–H groups in total. The minimum Gasteiger partial charge on any atom is -0.298 e. The maximum Gasteiger partial charge on any atom is 0.458 e. The third kappa shape index (κ3) is 2.94. The zero-order valence-electron chi connectivity index (χ0n) is 6.93. The fourth-order valence-electron chi connectivity index (χ4n) is 0.852. The number of benzene rings is 1. The van der Waals surface area contributed by atoms with Gasteiger partial charge in [0.1, 0.15) is 0 Å². The van der Waals surface area contributed by atoms with Crippen LogP contribution in [0.25, 0.3) is 0 Å². The molecule has 0 aliphatic rings. The quantitative estimate of drug-likeness (QED) is 0.500. The smallest absolute Gasteiger partial charge is 0.298 e. The normalized spacial score (nSPS) is 10.2. The predicted octanol–water partition coefficient (Wildman–Crippen LogP) is 2.41. The van der Waals surface area contributed by atoms with E-state index in [2.05, 4.69) is 0 Å². The van der Waals surface area contributed by atoms with Gasteiger partial charge in [0.05, 0.1) is 0 Å². The van der Waals surface area contributed by atoms with Gasteiger partial charge in [0.15, 0.2) is 6.29 Å². The highest BCUT2D eigenvalue weighted by Crippen LogP contribution is 2.13. The van der Waals surface area contributed by atoms with E-state index in [4.69, 9.17) is 0 Å². The van der Waals surface area contributed by atoms with E-state index in [0.717, 1.165) is 5.92 Å². The van der Waals surface area contributed by atoms with Gasteiger partial charge < -0.3 is 0 Å². The van der Waals surface area contributed by atoms with Crippen LogP contribution in [0.1, 0.15) is 15.9 Å². The van der Waals surface area contributed by atoms with Crippen LogP contribution in [0.2, 0.25) is 0 Å². The maximum absolute atomic E-state index is 11.7. The molecule has 0 unspecified atom stereocenters. The summed E-state index contributed by atoms with van der Waals surface area (Å²) >= 11 is 0. The van der Waals surface area contributed by atoms with Crippen LogP contribution >= 0.6 is 0 Å². The molecule has 4 heteroatoms. The molecule has 0 aromatic heterocycles. The lowest BCUT2D eigenvalue weighted by atomic mass is 10.1. The van der Waals surface area contributed by atoms with E-state index in [-0.39, 0.29) is 11.1 Å². The fourth-order valence-corrected chi connectivity index (χ4v) is 0.852. The second-order valence-electron chi connectivity index (χ2n) is 2.45. The van der Waals surface area contributed by atoms with Crippen molar-refractivity contribution >= 4 is 6.29 Å². The zero-order valence-corrected chi connectivity index (χ0v) is 6.93. The van der Waals surface area contributed by atoms with Crippen LogP contribution in [-0.4, -0.2) is 12.5 Å². The lowest BCUT2D eigenvalue weighted by Gasteiger charge is -1.95. The van der Waals surface area contributed by atoms with Gasteiger partial charge in [-0.25, -0.2) is 0 Å². The Hall–Kier alpha value is -1.76. The van der Waals surface area contributed by atoms with Crippen LogP contribution in [0, 0.1) is 11.8 Å². The summed E-state index contributed by atoms with van der Waals surface area (Å²) in [5.74, 6) is 3.00. The van der Waals surface area contributed by atoms with Gasteiger partial charge >= 0.3 is 6.18 Å². The molecule has 0 atom stereocenters. The van der Waals surface area contributed by atoms with Gasteiger partial charge in [0.2, 0.25) is 0 Å². The van der Waals surface area contributed by atoms with Crippen molar-refractivity contribution in [1.29, 1.82) is 0 Å². The highest BCUT2D eigenvalue weighted by atomic mass is 19.4. The lowest BCUT2D eigenvalue weighted by Crippen LogP contribution is -2.01. The van der Waals surface area contributed by atoms with Gasteiger partial charge in [0.25, 0.3) is 0 Å². The van der Waals surface area contributed by atoms with Gasteiger partial charge in [-0.3, -0.25) is 4.79 Å². The van der Waals surface area contributed by atoms with Crippen LogP contribution in [0.3, 0.4) is 0 Å². The largest absolute Gasteiger partial charge is 0.458 e. The molecule has 1 aromatic rings. The molecule has 0 aliphatic carbocycles. The Morgan fingerprint density at radius 2 is 1.86 bits per heavy atom. The lowest BCUT2D eigenvalue weighted by molar-refractivity contribution is -0.0696. The second-order valence-corrected chi connectivity index (χ2v) is 2.45. The Morgan fingerprint density at radius 3 is 2.43 bits per heavy atom. The first-order valence-electron chi connectivity index (χ1n) is 3.67. The molecule has 0 heterocycles. The number of alkyl halides is 3. The number of hydrogen-bond donors (Lipinski definition) is 0. The second kappa shape index (κ2) is 3.97. The number of carbonyl (C=O) groups excluding carboxylic acids is 1. The van der Waals surface area contributed by atoms with Crippen molar-refractivity contribution in [2.75, 3.05) is 0 Å². The third-order valence-corrected chi connectivity index (χ3v) is 1.43. The predicted molar refractivity (Wildman–Crippen MR) is 44.8 cm³/mol. The molecule has 0 fully saturated rings. The minimum absolute atomic E-state index is 0.0832. The van der Waals surface area contributed by atoms with Gasteiger partial charge in [-0.05, 0) is 6.07 Å². The minimum atomic E-state index is -4.53. The van der Waals surface area contributed by atoms with Crippen LogP contribution in [0.4, 0.5) is 13.2 Å². The first-order chi connectivity index (χ1) is 6.53. The van der Waals surface area contributed by atoms with E-state index in [9.17, 15) is 18.0 Å². The molecule has 0 aliphatic heterocycles. The van der Waals surface area contributed by atoms with Crippen LogP contribution < -0.4 is 0 Å². The number of hydrogen-bond acceptors (Lipinski definition) is 1. The molecular weight excluding hydrogens is 193 g/mol. The molecule has 72 valence electrons. The molecule has 0 amide bonds. The SMILES string of the molecule is O=Cc1ccccc1C#CC(F)(F)F. The number of halogens is 3. The van der Waals surface area contributed by atoms with Gasteiger partial charge in [-0.1, -0.05) is 24.1 Å². The average molecular weight is 198 g/mol. The Labute approximate surface area is 78.5 Å².